The molecule has 1 heterocycles. The fraction of sp³-hybridized carbons (Fsp3) is 0.600. The summed E-state index contributed by atoms with van der Waals surface area (Å²) < 4.78 is 0. The summed E-state index contributed by atoms with van der Waals surface area (Å²) in [6.07, 6.45) is 2.62. The van der Waals surface area contributed by atoms with Crippen LogP contribution in [0.4, 0.5) is 0 Å². The molecule has 1 fully saturated rings. The van der Waals surface area contributed by atoms with Crippen molar-refractivity contribution in [1.29, 1.82) is 0 Å². The predicted octanol–water partition coefficient (Wildman–Crippen LogP) is 2.13. The van der Waals surface area contributed by atoms with Crippen LogP contribution < -0.4 is 5.32 Å². The Kier molecular flexibility index (Phi) is 4.61. The molecule has 0 bridgehead atoms. The first-order valence-electron chi connectivity index (χ1n) is 6.83. The molecule has 1 aromatic rings. The molecule has 0 aliphatic carbocycles. The topological polar surface area (TPSA) is 35.5 Å². The van der Waals surface area contributed by atoms with Gasteiger partial charge in [-0.3, -0.25) is 0 Å². The third kappa shape index (κ3) is 3.72. The van der Waals surface area contributed by atoms with E-state index >= 15 is 0 Å². The van der Waals surface area contributed by atoms with Crippen molar-refractivity contribution in [2.75, 3.05) is 26.7 Å². The summed E-state index contributed by atoms with van der Waals surface area (Å²) in [5.74, 6) is 1.14. The molecule has 1 aliphatic rings. The van der Waals surface area contributed by atoms with E-state index in [0.717, 1.165) is 24.6 Å². The van der Waals surface area contributed by atoms with Gasteiger partial charge in [0.1, 0.15) is 5.75 Å². The van der Waals surface area contributed by atoms with E-state index in [1.807, 2.05) is 6.07 Å². The number of aromatic hydroxyl groups is 1. The Hall–Kier alpha value is -1.06. The third-order valence-electron chi connectivity index (χ3n) is 3.71. The average Bonchev–Trinajstić information content (AvgIpc) is 2.34. The highest BCUT2D eigenvalue weighted by Gasteiger charge is 2.16. The van der Waals surface area contributed by atoms with E-state index in [1.54, 1.807) is 6.07 Å². The number of phenols is 1. The van der Waals surface area contributed by atoms with Gasteiger partial charge < -0.3 is 15.3 Å². The van der Waals surface area contributed by atoms with Gasteiger partial charge in [-0.1, -0.05) is 17.7 Å². The fourth-order valence-electron chi connectivity index (χ4n) is 2.71. The van der Waals surface area contributed by atoms with Crippen molar-refractivity contribution < 1.29 is 5.11 Å². The van der Waals surface area contributed by atoms with Gasteiger partial charge in [-0.15, -0.1) is 0 Å². The normalized spacial score (nSPS) is 21.1. The van der Waals surface area contributed by atoms with Crippen LogP contribution in [0.25, 0.3) is 0 Å². The van der Waals surface area contributed by atoms with Crippen molar-refractivity contribution in [3.05, 3.63) is 29.3 Å². The molecule has 2 N–H and O–H groups in total. The summed E-state index contributed by atoms with van der Waals surface area (Å²) in [4.78, 5) is 2.40. The number of rotatable bonds is 4. The number of piperidine rings is 1. The maximum atomic E-state index is 9.77. The molecule has 2 rings (SSSR count). The van der Waals surface area contributed by atoms with Gasteiger partial charge in [0, 0.05) is 18.7 Å². The molecule has 1 unspecified atom stereocenters. The van der Waals surface area contributed by atoms with E-state index in [-0.39, 0.29) is 0 Å². The van der Waals surface area contributed by atoms with Gasteiger partial charge in [0.2, 0.25) is 0 Å². The Labute approximate surface area is 110 Å². The van der Waals surface area contributed by atoms with Crippen LogP contribution in [0.15, 0.2) is 18.2 Å². The van der Waals surface area contributed by atoms with Crippen LogP contribution in [-0.4, -0.2) is 36.7 Å². The number of hydrogen-bond donors (Lipinski definition) is 2. The van der Waals surface area contributed by atoms with Crippen LogP contribution in [0.5, 0.6) is 5.75 Å². The van der Waals surface area contributed by atoms with Gasteiger partial charge in [-0.05, 0) is 51.9 Å². The molecular weight excluding hydrogens is 224 g/mol. The van der Waals surface area contributed by atoms with Crippen LogP contribution in [0.1, 0.15) is 24.0 Å². The number of likely N-dealkylation sites (tertiary alicyclic amines) is 1. The number of phenolic OH excluding ortho intramolecular Hbond substituents is 1. The highest BCUT2D eigenvalue weighted by molar-refractivity contribution is 5.35. The molecule has 1 aromatic carbocycles. The van der Waals surface area contributed by atoms with Crippen molar-refractivity contribution in [2.24, 2.45) is 5.92 Å². The van der Waals surface area contributed by atoms with E-state index in [1.165, 1.54) is 31.5 Å². The largest absolute Gasteiger partial charge is 0.508 e. The van der Waals surface area contributed by atoms with Crippen LogP contribution in [0.2, 0.25) is 0 Å². The molecule has 3 heteroatoms. The summed E-state index contributed by atoms with van der Waals surface area (Å²) in [5, 5.41) is 13.2. The zero-order chi connectivity index (χ0) is 13.0. The first kappa shape index (κ1) is 13.4. The highest BCUT2D eigenvalue weighted by atomic mass is 16.3. The second-order valence-corrected chi connectivity index (χ2v) is 5.53. The van der Waals surface area contributed by atoms with E-state index in [2.05, 4.69) is 30.3 Å². The standard InChI is InChI=1S/C15H24N2O/c1-12-5-6-15(18)14(8-12)10-16-9-13-4-3-7-17(2)11-13/h5-6,8,13,16,18H,3-4,7,9-11H2,1-2H3. The zero-order valence-electron chi connectivity index (χ0n) is 11.4. The Balaban J connectivity index is 1.79. The average molecular weight is 248 g/mol. The molecule has 1 atom stereocenters. The van der Waals surface area contributed by atoms with Gasteiger partial charge in [-0.2, -0.15) is 0 Å². The summed E-state index contributed by atoms with van der Waals surface area (Å²) >= 11 is 0. The van der Waals surface area contributed by atoms with Gasteiger partial charge in [0.15, 0.2) is 0 Å². The fourth-order valence-corrected chi connectivity index (χ4v) is 2.71. The van der Waals surface area contributed by atoms with Crippen molar-refractivity contribution in [1.82, 2.24) is 10.2 Å². The summed E-state index contributed by atoms with van der Waals surface area (Å²) in [5.41, 5.74) is 2.20. The SMILES string of the molecule is Cc1ccc(O)c(CNCC2CCCN(C)C2)c1. The molecule has 0 spiro atoms. The highest BCUT2D eigenvalue weighted by Crippen LogP contribution is 2.18. The first-order chi connectivity index (χ1) is 8.65. The third-order valence-corrected chi connectivity index (χ3v) is 3.71. The summed E-state index contributed by atoms with van der Waals surface area (Å²) in [6.45, 7) is 6.27. The van der Waals surface area contributed by atoms with Crippen LogP contribution in [0.3, 0.4) is 0 Å². The van der Waals surface area contributed by atoms with Crippen molar-refractivity contribution in [2.45, 2.75) is 26.3 Å². The quantitative estimate of drug-likeness (QED) is 0.857. The van der Waals surface area contributed by atoms with Crippen molar-refractivity contribution in [3.8, 4) is 5.75 Å². The maximum absolute atomic E-state index is 9.77. The molecule has 100 valence electrons. The Morgan fingerprint density at radius 1 is 1.44 bits per heavy atom. The van der Waals surface area contributed by atoms with Crippen LogP contribution in [-0.2, 0) is 6.54 Å². The molecule has 0 aromatic heterocycles. The zero-order valence-corrected chi connectivity index (χ0v) is 11.4. The van der Waals surface area contributed by atoms with Crippen molar-refractivity contribution in [3.63, 3.8) is 0 Å². The molecule has 0 amide bonds. The monoisotopic (exact) mass is 248 g/mol. The van der Waals surface area contributed by atoms with Gasteiger partial charge in [-0.25, -0.2) is 0 Å². The lowest BCUT2D eigenvalue weighted by Crippen LogP contribution is -2.37. The van der Waals surface area contributed by atoms with Gasteiger partial charge >= 0.3 is 0 Å². The lowest BCUT2D eigenvalue weighted by Gasteiger charge is -2.29. The van der Waals surface area contributed by atoms with Gasteiger partial charge in [0.05, 0.1) is 0 Å². The van der Waals surface area contributed by atoms with Gasteiger partial charge in [0.25, 0.3) is 0 Å². The number of aryl methyl sites for hydroxylation is 1. The van der Waals surface area contributed by atoms with E-state index in [9.17, 15) is 5.11 Å². The van der Waals surface area contributed by atoms with E-state index in [0.29, 0.717) is 5.75 Å². The second-order valence-electron chi connectivity index (χ2n) is 5.53. The molecule has 18 heavy (non-hydrogen) atoms. The summed E-state index contributed by atoms with van der Waals surface area (Å²) in [7, 11) is 2.19. The molecule has 3 nitrogen and oxygen atoms in total. The number of nitrogens with zero attached hydrogens (tertiary/aromatic N) is 1. The smallest absolute Gasteiger partial charge is 0.120 e. The van der Waals surface area contributed by atoms with E-state index < -0.39 is 0 Å². The van der Waals surface area contributed by atoms with Crippen molar-refractivity contribution >= 4 is 0 Å². The first-order valence-corrected chi connectivity index (χ1v) is 6.83. The Morgan fingerprint density at radius 3 is 3.06 bits per heavy atom. The molecule has 0 saturated carbocycles. The Morgan fingerprint density at radius 2 is 2.28 bits per heavy atom. The predicted molar refractivity (Wildman–Crippen MR) is 74.8 cm³/mol. The number of hydrogen-bond acceptors (Lipinski definition) is 3. The lowest BCUT2D eigenvalue weighted by molar-refractivity contribution is 0.206. The maximum Gasteiger partial charge on any atom is 0.120 e. The molecule has 1 aliphatic heterocycles. The lowest BCUT2D eigenvalue weighted by atomic mass is 9.98. The molecular formula is C15H24N2O. The minimum absolute atomic E-state index is 0.397. The van der Waals surface area contributed by atoms with E-state index in [4.69, 9.17) is 0 Å². The van der Waals surface area contributed by atoms with Crippen LogP contribution in [0, 0.1) is 12.8 Å². The number of benzene rings is 1. The minimum Gasteiger partial charge on any atom is -0.508 e. The Bertz CT molecular complexity index is 392. The second kappa shape index (κ2) is 6.21. The minimum atomic E-state index is 0.397. The molecule has 1 saturated heterocycles. The molecule has 0 radical (unpaired) electrons. The summed E-state index contributed by atoms with van der Waals surface area (Å²) in [6, 6.07) is 5.77. The van der Waals surface area contributed by atoms with Crippen LogP contribution >= 0.6 is 0 Å². The number of nitrogens with one attached hydrogen (secondary N) is 1.